The second-order valence-electron chi connectivity index (χ2n) is 6.64. The van der Waals surface area contributed by atoms with Gasteiger partial charge in [0.15, 0.2) is 0 Å². The minimum atomic E-state index is -4.36. The van der Waals surface area contributed by atoms with Crippen LogP contribution < -0.4 is 4.90 Å². The fourth-order valence-electron chi connectivity index (χ4n) is 2.81. The number of hydrogen-bond acceptors (Lipinski definition) is 3. The van der Waals surface area contributed by atoms with E-state index in [0.29, 0.717) is 16.3 Å². The third-order valence-corrected chi connectivity index (χ3v) is 5.38. The number of halogens is 3. The Bertz CT molecular complexity index is 994. The van der Waals surface area contributed by atoms with Gasteiger partial charge >= 0.3 is 6.18 Å². The molecule has 1 amide bonds. The Hall–Kier alpha value is -2.67. The third kappa shape index (κ3) is 4.42. The number of aromatic nitrogens is 1. The molecule has 0 unspecified atom stereocenters. The number of carbonyl (C=O) groups is 1. The van der Waals surface area contributed by atoms with Gasteiger partial charge in [0, 0.05) is 23.7 Å². The predicted molar refractivity (Wildman–Crippen MR) is 106 cm³/mol. The molecular formula is C21H19F3N2OS. The SMILES string of the molecule is Cc1ccc(C)c(N(C)C(=O)Cc2csc(-c3ccc(C(F)(F)F)cc3)n2)c1. The number of thiazole rings is 1. The number of nitrogens with zero attached hydrogens (tertiary/aromatic N) is 2. The molecule has 7 heteroatoms. The van der Waals surface area contributed by atoms with Crippen LogP contribution in [0.15, 0.2) is 47.8 Å². The quantitative estimate of drug-likeness (QED) is 0.563. The maximum Gasteiger partial charge on any atom is 0.416 e. The van der Waals surface area contributed by atoms with E-state index in [0.717, 1.165) is 28.9 Å². The first-order valence-electron chi connectivity index (χ1n) is 8.61. The Balaban J connectivity index is 1.73. The predicted octanol–water partition coefficient (Wildman–Crippen LogP) is 5.65. The lowest BCUT2D eigenvalue weighted by molar-refractivity contribution is -0.137. The van der Waals surface area contributed by atoms with Gasteiger partial charge in [0.05, 0.1) is 17.7 Å². The van der Waals surface area contributed by atoms with Crippen LogP contribution in [0.25, 0.3) is 10.6 Å². The zero-order valence-electron chi connectivity index (χ0n) is 15.7. The molecule has 0 aliphatic carbocycles. The second kappa shape index (κ2) is 7.75. The molecule has 0 aliphatic rings. The highest BCUT2D eigenvalue weighted by Crippen LogP contribution is 2.32. The van der Waals surface area contributed by atoms with Gasteiger partial charge < -0.3 is 4.90 Å². The molecule has 0 bridgehead atoms. The van der Waals surface area contributed by atoms with Crippen LogP contribution in [-0.2, 0) is 17.4 Å². The molecule has 2 aromatic carbocycles. The molecule has 0 atom stereocenters. The molecule has 1 aromatic heterocycles. The Kier molecular flexibility index (Phi) is 5.56. The van der Waals surface area contributed by atoms with E-state index in [1.54, 1.807) is 17.3 Å². The molecule has 1 heterocycles. The van der Waals surface area contributed by atoms with Gasteiger partial charge in [-0.15, -0.1) is 11.3 Å². The van der Waals surface area contributed by atoms with E-state index in [4.69, 9.17) is 0 Å². The van der Waals surface area contributed by atoms with Crippen molar-refractivity contribution in [2.75, 3.05) is 11.9 Å². The molecule has 3 nitrogen and oxygen atoms in total. The number of hydrogen-bond donors (Lipinski definition) is 0. The molecule has 0 fully saturated rings. The van der Waals surface area contributed by atoms with Crippen molar-refractivity contribution in [3.63, 3.8) is 0 Å². The first-order chi connectivity index (χ1) is 13.1. The lowest BCUT2D eigenvalue weighted by Gasteiger charge is -2.19. The molecule has 28 heavy (non-hydrogen) atoms. The maximum atomic E-state index is 12.7. The van der Waals surface area contributed by atoms with Gasteiger partial charge in [-0.2, -0.15) is 13.2 Å². The summed E-state index contributed by atoms with van der Waals surface area (Å²) in [6.45, 7) is 3.92. The summed E-state index contributed by atoms with van der Waals surface area (Å²) in [5.41, 5.74) is 3.42. The topological polar surface area (TPSA) is 33.2 Å². The Morgan fingerprint density at radius 2 is 1.79 bits per heavy atom. The highest BCUT2D eigenvalue weighted by atomic mass is 32.1. The van der Waals surface area contributed by atoms with E-state index in [2.05, 4.69) is 4.98 Å². The number of rotatable bonds is 4. The minimum absolute atomic E-state index is 0.0991. The summed E-state index contributed by atoms with van der Waals surface area (Å²) in [5, 5.41) is 2.35. The van der Waals surface area contributed by atoms with E-state index in [9.17, 15) is 18.0 Å². The van der Waals surface area contributed by atoms with Gasteiger partial charge in [-0.05, 0) is 43.2 Å². The summed E-state index contributed by atoms with van der Waals surface area (Å²) in [7, 11) is 1.73. The highest BCUT2D eigenvalue weighted by molar-refractivity contribution is 7.13. The van der Waals surface area contributed by atoms with Crippen LogP contribution in [0.2, 0.25) is 0 Å². The summed E-state index contributed by atoms with van der Waals surface area (Å²) >= 11 is 1.31. The van der Waals surface area contributed by atoms with Gasteiger partial charge in [-0.1, -0.05) is 24.3 Å². The normalized spacial score (nSPS) is 11.5. The largest absolute Gasteiger partial charge is 0.416 e. The molecule has 0 radical (unpaired) electrons. The van der Waals surface area contributed by atoms with E-state index < -0.39 is 11.7 Å². The van der Waals surface area contributed by atoms with Gasteiger partial charge in [0.25, 0.3) is 0 Å². The van der Waals surface area contributed by atoms with Crippen molar-refractivity contribution in [1.29, 1.82) is 0 Å². The van der Waals surface area contributed by atoms with Gasteiger partial charge in [-0.3, -0.25) is 4.79 Å². The zero-order valence-corrected chi connectivity index (χ0v) is 16.5. The molecule has 3 aromatic rings. The molecule has 0 saturated heterocycles. The van der Waals surface area contributed by atoms with E-state index in [1.165, 1.54) is 23.5 Å². The summed E-state index contributed by atoms with van der Waals surface area (Å²) < 4.78 is 38.1. The fourth-order valence-corrected chi connectivity index (χ4v) is 3.64. The third-order valence-electron chi connectivity index (χ3n) is 4.44. The molecule has 146 valence electrons. The summed E-state index contributed by atoms with van der Waals surface area (Å²) in [5.74, 6) is -0.0991. The van der Waals surface area contributed by atoms with Crippen molar-refractivity contribution in [2.24, 2.45) is 0 Å². The van der Waals surface area contributed by atoms with Crippen molar-refractivity contribution >= 4 is 22.9 Å². The number of amides is 1. The average Bonchev–Trinajstić information content (AvgIpc) is 3.11. The van der Waals surface area contributed by atoms with Crippen LogP contribution in [0, 0.1) is 13.8 Å². The van der Waals surface area contributed by atoms with Crippen LogP contribution in [0.5, 0.6) is 0 Å². The summed E-state index contributed by atoms with van der Waals surface area (Å²) in [4.78, 5) is 18.7. The van der Waals surface area contributed by atoms with Crippen LogP contribution in [0.3, 0.4) is 0 Å². The Labute approximate surface area is 165 Å². The van der Waals surface area contributed by atoms with Crippen molar-refractivity contribution in [2.45, 2.75) is 26.4 Å². The molecule has 0 spiro atoms. The van der Waals surface area contributed by atoms with Crippen molar-refractivity contribution in [1.82, 2.24) is 4.98 Å². The maximum absolute atomic E-state index is 12.7. The molecule has 0 saturated carbocycles. The van der Waals surface area contributed by atoms with E-state index in [1.807, 2.05) is 32.0 Å². The number of anilines is 1. The minimum Gasteiger partial charge on any atom is -0.315 e. The molecule has 0 N–H and O–H groups in total. The van der Waals surface area contributed by atoms with Crippen molar-refractivity contribution in [3.8, 4) is 10.6 Å². The van der Waals surface area contributed by atoms with Gasteiger partial charge in [-0.25, -0.2) is 4.98 Å². The lowest BCUT2D eigenvalue weighted by Crippen LogP contribution is -2.28. The first kappa shape index (κ1) is 20.1. The van der Waals surface area contributed by atoms with Crippen molar-refractivity contribution < 1.29 is 18.0 Å². The zero-order chi connectivity index (χ0) is 20.5. The van der Waals surface area contributed by atoms with E-state index in [-0.39, 0.29) is 12.3 Å². The number of alkyl halides is 3. The van der Waals surface area contributed by atoms with Crippen LogP contribution >= 0.6 is 11.3 Å². The van der Waals surface area contributed by atoms with Gasteiger partial charge in [0.1, 0.15) is 5.01 Å². The Morgan fingerprint density at radius 3 is 2.43 bits per heavy atom. The number of likely N-dealkylation sites (N-methyl/N-ethyl adjacent to an activating group) is 1. The van der Waals surface area contributed by atoms with Crippen LogP contribution in [-0.4, -0.2) is 17.9 Å². The molecule has 0 aliphatic heterocycles. The van der Waals surface area contributed by atoms with Crippen molar-refractivity contribution in [3.05, 3.63) is 70.2 Å². The Morgan fingerprint density at radius 1 is 1.11 bits per heavy atom. The lowest BCUT2D eigenvalue weighted by atomic mass is 10.1. The van der Waals surface area contributed by atoms with Crippen LogP contribution in [0.4, 0.5) is 18.9 Å². The fraction of sp³-hybridized carbons (Fsp3) is 0.238. The second-order valence-corrected chi connectivity index (χ2v) is 7.50. The number of aryl methyl sites for hydroxylation is 2. The number of benzene rings is 2. The molecule has 3 rings (SSSR count). The smallest absolute Gasteiger partial charge is 0.315 e. The monoisotopic (exact) mass is 404 g/mol. The van der Waals surface area contributed by atoms with Gasteiger partial charge in [0.2, 0.25) is 5.91 Å². The number of carbonyl (C=O) groups excluding carboxylic acids is 1. The molecular weight excluding hydrogens is 385 g/mol. The van der Waals surface area contributed by atoms with E-state index >= 15 is 0 Å². The first-order valence-corrected chi connectivity index (χ1v) is 9.49. The average molecular weight is 404 g/mol. The summed E-state index contributed by atoms with van der Waals surface area (Å²) in [6, 6.07) is 10.8. The standard InChI is InChI=1S/C21H19F3N2OS/c1-13-4-5-14(2)18(10-13)26(3)19(27)11-17-12-28-20(25-17)15-6-8-16(9-7-15)21(22,23)24/h4-10,12H,11H2,1-3H3. The van der Waals surface area contributed by atoms with Crippen LogP contribution in [0.1, 0.15) is 22.4 Å². The summed E-state index contributed by atoms with van der Waals surface area (Å²) in [6.07, 6.45) is -4.24. The highest BCUT2D eigenvalue weighted by Gasteiger charge is 2.30.